The molecule has 2 aliphatic heterocycles. The molecule has 2 N–H and O–H groups in total. The van der Waals surface area contributed by atoms with Crippen LogP contribution in [0.15, 0.2) is 42.5 Å². The molecule has 0 saturated carbocycles. The summed E-state index contributed by atoms with van der Waals surface area (Å²) in [4.78, 5) is 73.8. The van der Waals surface area contributed by atoms with E-state index in [4.69, 9.17) is 4.74 Å². The molecule has 242 valence electrons. The van der Waals surface area contributed by atoms with E-state index in [1.54, 1.807) is 15.9 Å². The van der Waals surface area contributed by atoms with Gasteiger partial charge in [-0.05, 0) is 44.2 Å². The average Bonchev–Trinajstić information content (AvgIpc) is 3.08. The first-order valence-corrected chi connectivity index (χ1v) is 15.9. The van der Waals surface area contributed by atoms with E-state index in [1.165, 1.54) is 11.0 Å². The van der Waals surface area contributed by atoms with Gasteiger partial charge in [0.25, 0.3) is 11.8 Å². The summed E-state index contributed by atoms with van der Waals surface area (Å²) in [5, 5.41) is 12.0. The molecule has 0 spiro atoms. The zero-order valence-electron chi connectivity index (χ0n) is 25.9. The zero-order valence-corrected chi connectivity index (χ0v) is 25.9. The van der Waals surface area contributed by atoms with Gasteiger partial charge in [-0.1, -0.05) is 50.1 Å². The van der Waals surface area contributed by atoms with Crippen LogP contribution in [0.2, 0.25) is 0 Å². The Bertz CT molecular complexity index is 1340. The van der Waals surface area contributed by atoms with E-state index in [9.17, 15) is 29.1 Å². The lowest BCUT2D eigenvalue weighted by atomic mass is 10.0. The number of rotatable bonds is 12. The number of likely N-dealkylation sites (tertiary alicyclic amines) is 1. The summed E-state index contributed by atoms with van der Waals surface area (Å²) < 4.78 is 5.33. The molecular formula is C33H43N5O7. The van der Waals surface area contributed by atoms with Crippen molar-refractivity contribution in [2.24, 2.45) is 0 Å². The molecule has 0 radical (unpaired) electrons. The minimum absolute atomic E-state index is 0.0412. The maximum atomic E-state index is 13.6. The van der Waals surface area contributed by atoms with Gasteiger partial charge in [0.05, 0.1) is 12.3 Å². The summed E-state index contributed by atoms with van der Waals surface area (Å²) in [6.45, 7) is 4.66. The first kappa shape index (κ1) is 33.4. The number of ether oxygens (including phenoxy) is 1. The summed E-state index contributed by atoms with van der Waals surface area (Å²) in [6.07, 6.45) is 4.79. The Balaban J connectivity index is 1.49. The third-order valence-corrected chi connectivity index (χ3v) is 8.09. The first-order chi connectivity index (χ1) is 21.8. The topological polar surface area (TPSA) is 149 Å². The summed E-state index contributed by atoms with van der Waals surface area (Å²) in [7, 11) is 0. The number of nitrogens with one attached hydrogen (secondary N) is 1. The van der Waals surface area contributed by atoms with Crippen LogP contribution in [-0.2, 0) is 14.3 Å². The molecule has 2 aromatic rings. The fourth-order valence-electron chi connectivity index (χ4n) is 5.50. The number of unbranched alkanes of at least 4 members (excludes halogenated alkanes) is 2. The second kappa shape index (κ2) is 16.6. The Kier molecular flexibility index (Phi) is 12.3. The van der Waals surface area contributed by atoms with Crippen LogP contribution < -0.4 is 5.32 Å². The molecule has 4 rings (SSSR count). The number of carbonyl (C=O) groups excluding carboxylic acids is 4. The van der Waals surface area contributed by atoms with Gasteiger partial charge in [-0.3, -0.25) is 19.2 Å². The fraction of sp³-hybridized carbons (Fsp3) is 0.515. The second-order valence-electron chi connectivity index (χ2n) is 11.4. The number of carbonyl (C=O) groups is 5. The lowest BCUT2D eigenvalue weighted by Gasteiger charge is -2.36. The molecule has 1 aromatic heterocycles. The van der Waals surface area contributed by atoms with Crippen molar-refractivity contribution in [1.82, 2.24) is 25.0 Å². The molecule has 0 bridgehead atoms. The van der Waals surface area contributed by atoms with Crippen LogP contribution in [0.4, 0.5) is 4.79 Å². The number of pyridine rings is 1. The van der Waals surface area contributed by atoms with Gasteiger partial charge < -0.3 is 29.9 Å². The van der Waals surface area contributed by atoms with Crippen molar-refractivity contribution in [2.75, 3.05) is 45.9 Å². The smallest absolute Gasteiger partial charge is 0.409 e. The van der Waals surface area contributed by atoms with E-state index in [2.05, 4.69) is 17.2 Å². The molecule has 12 nitrogen and oxygen atoms in total. The summed E-state index contributed by atoms with van der Waals surface area (Å²) in [5.41, 5.74) is 1.44. The number of hydrogen-bond donors (Lipinski definition) is 2. The SMILES string of the molecule is CCCCCOC(=O)N1CCN(C(=O)[C@H](CCC(=O)O)NC(=O)c2cc(C(=O)N3CCCCC3)cc(-c3ccccc3)n2)CC1. The number of piperidine rings is 1. The third-order valence-electron chi connectivity index (χ3n) is 8.09. The van der Waals surface area contributed by atoms with Crippen molar-refractivity contribution in [3.63, 3.8) is 0 Å². The molecule has 2 fully saturated rings. The number of carboxylic acids is 1. The molecule has 2 aliphatic rings. The highest BCUT2D eigenvalue weighted by Crippen LogP contribution is 2.22. The molecule has 0 aliphatic carbocycles. The van der Waals surface area contributed by atoms with Crippen molar-refractivity contribution < 1.29 is 33.8 Å². The van der Waals surface area contributed by atoms with Crippen LogP contribution >= 0.6 is 0 Å². The van der Waals surface area contributed by atoms with Crippen LogP contribution in [-0.4, -0.2) is 106 Å². The van der Waals surface area contributed by atoms with Crippen molar-refractivity contribution in [2.45, 2.75) is 64.3 Å². The van der Waals surface area contributed by atoms with Gasteiger partial charge in [0.2, 0.25) is 5.91 Å². The lowest BCUT2D eigenvalue weighted by Crippen LogP contribution is -2.56. The van der Waals surface area contributed by atoms with E-state index in [0.29, 0.717) is 31.0 Å². The molecule has 2 saturated heterocycles. The molecule has 1 aromatic carbocycles. The van der Waals surface area contributed by atoms with Crippen LogP contribution in [0.3, 0.4) is 0 Å². The summed E-state index contributed by atoms with van der Waals surface area (Å²) >= 11 is 0. The summed E-state index contributed by atoms with van der Waals surface area (Å²) in [6, 6.07) is 11.2. The molecule has 1 atom stereocenters. The maximum Gasteiger partial charge on any atom is 0.409 e. The Morgan fingerprint density at radius 2 is 1.58 bits per heavy atom. The Labute approximate surface area is 263 Å². The largest absolute Gasteiger partial charge is 0.481 e. The van der Waals surface area contributed by atoms with Crippen molar-refractivity contribution in [3.05, 3.63) is 53.7 Å². The number of nitrogens with zero attached hydrogens (tertiary/aromatic N) is 4. The minimum atomic E-state index is -1.13. The second-order valence-corrected chi connectivity index (χ2v) is 11.4. The lowest BCUT2D eigenvalue weighted by molar-refractivity contribution is -0.138. The van der Waals surface area contributed by atoms with Gasteiger partial charge in [0, 0.05) is 56.8 Å². The molecule has 45 heavy (non-hydrogen) atoms. The van der Waals surface area contributed by atoms with Gasteiger partial charge in [-0.2, -0.15) is 0 Å². The standard InChI is InChI=1S/C33H43N5O7/c1-2-3-10-21-45-33(44)38-19-17-37(18-20-38)32(43)26(13-14-29(39)40)35-30(41)28-23-25(31(42)36-15-8-5-9-16-36)22-27(34-28)24-11-6-4-7-12-24/h4,6-7,11-12,22-23,26H,2-3,5,8-10,13-21H2,1H3,(H,35,41)(H,39,40)/t26-/m0/s1. The average molecular weight is 622 g/mol. The predicted molar refractivity (Wildman–Crippen MR) is 167 cm³/mol. The fourth-order valence-corrected chi connectivity index (χ4v) is 5.50. The van der Waals surface area contributed by atoms with Crippen molar-refractivity contribution in [1.29, 1.82) is 0 Å². The van der Waals surface area contributed by atoms with Gasteiger partial charge in [-0.25, -0.2) is 9.78 Å². The summed E-state index contributed by atoms with van der Waals surface area (Å²) in [5.74, 6) is -2.41. The third kappa shape index (κ3) is 9.50. The molecule has 4 amide bonds. The van der Waals surface area contributed by atoms with Gasteiger partial charge in [0.15, 0.2) is 0 Å². The normalized spacial score (nSPS) is 15.7. The van der Waals surface area contributed by atoms with E-state index >= 15 is 0 Å². The van der Waals surface area contributed by atoms with Crippen LogP contribution in [0.25, 0.3) is 11.3 Å². The molecule has 3 heterocycles. The minimum Gasteiger partial charge on any atom is -0.481 e. The number of carboxylic acid groups (broad SMARTS) is 1. The van der Waals surface area contributed by atoms with E-state index in [0.717, 1.165) is 44.1 Å². The highest BCUT2D eigenvalue weighted by atomic mass is 16.6. The predicted octanol–water partition coefficient (Wildman–Crippen LogP) is 3.81. The number of aliphatic carboxylic acids is 1. The zero-order chi connectivity index (χ0) is 32.2. The molecular weight excluding hydrogens is 578 g/mol. The molecule has 12 heteroatoms. The number of hydrogen-bond acceptors (Lipinski definition) is 7. The van der Waals surface area contributed by atoms with E-state index in [-0.39, 0.29) is 50.6 Å². The van der Waals surface area contributed by atoms with Gasteiger partial charge in [-0.15, -0.1) is 0 Å². The maximum absolute atomic E-state index is 13.6. The Hall–Kier alpha value is -4.48. The van der Waals surface area contributed by atoms with Crippen LogP contribution in [0, 0.1) is 0 Å². The number of piperazine rings is 1. The quantitative estimate of drug-likeness (QED) is 0.340. The monoisotopic (exact) mass is 621 g/mol. The van der Waals surface area contributed by atoms with E-state index < -0.39 is 29.9 Å². The van der Waals surface area contributed by atoms with Gasteiger partial charge >= 0.3 is 12.1 Å². The van der Waals surface area contributed by atoms with Gasteiger partial charge in [0.1, 0.15) is 11.7 Å². The Morgan fingerprint density at radius 1 is 0.889 bits per heavy atom. The van der Waals surface area contributed by atoms with Crippen LogP contribution in [0.5, 0.6) is 0 Å². The Morgan fingerprint density at radius 3 is 2.24 bits per heavy atom. The highest BCUT2D eigenvalue weighted by Gasteiger charge is 2.31. The van der Waals surface area contributed by atoms with E-state index in [1.807, 2.05) is 30.3 Å². The van der Waals surface area contributed by atoms with Crippen LogP contribution in [0.1, 0.15) is 79.1 Å². The van der Waals surface area contributed by atoms with Crippen molar-refractivity contribution in [3.8, 4) is 11.3 Å². The first-order valence-electron chi connectivity index (χ1n) is 15.9. The number of benzene rings is 1. The highest BCUT2D eigenvalue weighted by molar-refractivity contribution is 6.01. The van der Waals surface area contributed by atoms with Crippen molar-refractivity contribution >= 4 is 29.8 Å². The molecule has 0 unspecified atom stereocenters. The number of aromatic nitrogens is 1. The number of amides is 4.